The quantitative estimate of drug-likeness (QED) is 0.269. The van der Waals surface area contributed by atoms with Gasteiger partial charge in [0.2, 0.25) is 5.88 Å². The Kier molecular flexibility index (Phi) is 7.33. The van der Waals surface area contributed by atoms with Crippen LogP contribution in [0, 0.1) is 5.92 Å². The molecule has 0 bridgehead atoms. The molecular formula is C28H26F3N5O4. The number of halogens is 3. The Balaban J connectivity index is 1.35. The number of carbonyl (C=O) groups is 2. The maximum Gasteiger partial charge on any atom is 0.573 e. The van der Waals surface area contributed by atoms with E-state index in [9.17, 15) is 22.8 Å². The molecule has 5 rings (SSSR count). The Hall–Kier alpha value is -4.61. The van der Waals surface area contributed by atoms with Gasteiger partial charge in [0, 0.05) is 35.3 Å². The first-order valence-corrected chi connectivity index (χ1v) is 12.6. The first kappa shape index (κ1) is 27.0. The second-order valence-corrected chi connectivity index (χ2v) is 9.55. The molecule has 12 heteroatoms. The number of nitrogens with one attached hydrogen (secondary N) is 3. The molecule has 208 valence electrons. The lowest BCUT2D eigenvalue weighted by Crippen LogP contribution is -2.34. The van der Waals surface area contributed by atoms with Crippen molar-refractivity contribution in [3.8, 4) is 22.8 Å². The lowest BCUT2D eigenvalue weighted by Gasteiger charge is -2.14. The highest BCUT2D eigenvalue weighted by molar-refractivity contribution is 6.05. The highest BCUT2D eigenvalue weighted by atomic mass is 19.4. The van der Waals surface area contributed by atoms with E-state index >= 15 is 0 Å². The average Bonchev–Trinajstić information content (AvgIpc) is 3.70. The van der Waals surface area contributed by atoms with Crippen LogP contribution in [0.1, 0.15) is 46.2 Å². The fraction of sp³-hybridized carbons (Fsp3) is 0.286. The zero-order valence-corrected chi connectivity index (χ0v) is 21.6. The second kappa shape index (κ2) is 10.9. The zero-order chi connectivity index (χ0) is 28.4. The topological polar surface area (TPSA) is 118 Å². The number of nitrogens with zero attached hydrogens (tertiary/aromatic N) is 2. The number of methoxy groups -OCH3 is 1. The molecule has 2 amide bonds. The summed E-state index contributed by atoms with van der Waals surface area (Å²) in [6, 6.07) is 12.5. The fourth-order valence-corrected chi connectivity index (χ4v) is 4.44. The summed E-state index contributed by atoms with van der Waals surface area (Å²) < 4.78 is 47.5. The first-order chi connectivity index (χ1) is 19.1. The third kappa shape index (κ3) is 6.00. The van der Waals surface area contributed by atoms with Crippen LogP contribution in [0.5, 0.6) is 11.6 Å². The van der Waals surface area contributed by atoms with Gasteiger partial charge in [-0.2, -0.15) is 5.10 Å². The van der Waals surface area contributed by atoms with Crippen LogP contribution >= 0.6 is 0 Å². The van der Waals surface area contributed by atoms with Crippen LogP contribution in [0.25, 0.3) is 22.0 Å². The van der Waals surface area contributed by atoms with Crippen molar-refractivity contribution in [3.05, 3.63) is 71.5 Å². The molecule has 2 aromatic heterocycles. The fourth-order valence-electron chi connectivity index (χ4n) is 4.44. The van der Waals surface area contributed by atoms with E-state index in [1.807, 2.05) is 6.92 Å². The van der Waals surface area contributed by atoms with E-state index in [4.69, 9.17) is 4.74 Å². The van der Waals surface area contributed by atoms with Crippen LogP contribution in [0.15, 0.2) is 54.7 Å². The van der Waals surface area contributed by atoms with Crippen molar-refractivity contribution in [1.29, 1.82) is 0 Å². The summed E-state index contributed by atoms with van der Waals surface area (Å²) in [6.45, 7) is 1.77. The predicted octanol–water partition coefficient (Wildman–Crippen LogP) is 4.99. The second-order valence-electron chi connectivity index (χ2n) is 9.55. The van der Waals surface area contributed by atoms with Gasteiger partial charge in [-0.1, -0.05) is 24.3 Å². The number of fused-ring (bicyclic) bond motifs is 1. The van der Waals surface area contributed by atoms with E-state index in [2.05, 4.69) is 30.6 Å². The van der Waals surface area contributed by atoms with Crippen LogP contribution in [-0.2, 0) is 6.54 Å². The van der Waals surface area contributed by atoms with Crippen molar-refractivity contribution in [2.45, 2.75) is 38.7 Å². The number of aromatic amines is 1. The van der Waals surface area contributed by atoms with Gasteiger partial charge < -0.3 is 20.1 Å². The number of H-pyrrole nitrogens is 1. The monoisotopic (exact) mass is 553 g/mol. The van der Waals surface area contributed by atoms with E-state index in [-0.39, 0.29) is 35.5 Å². The zero-order valence-electron chi connectivity index (χ0n) is 21.6. The molecule has 1 aliphatic carbocycles. The highest BCUT2D eigenvalue weighted by Gasteiger charge is 2.32. The molecule has 1 aliphatic rings. The van der Waals surface area contributed by atoms with Gasteiger partial charge in [0.25, 0.3) is 11.8 Å². The number of hydrogen-bond acceptors (Lipinski definition) is 6. The highest BCUT2D eigenvalue weighted by Crippen LogP contribution is 2.33. The van der Waals surface area contributed by atoms with Gasteiger partial charge in [-0.25, -0.2) is 4.98 Å². The minimum Gasteiger partial charge on any atom is -0.480 e. The van der Waals surface area contributed by atoms with Crippen molar-refractivity contribution >= 4 is 22.7 Å². The molecule has 1 saturated carbocycles. The molecule has 9 nitrogen and oxygen atoms in total. The van der Waals surface area contributed by atoms with E-state index < -0.39 is 18.0 Å². The minimum absolute atomic E-state index is 0.0486. The van der Waals surface area contributed by atoms with Crippen LogP contribution < -0.4 is 20.1 Å². The Morgan fingerprint density at radius 1 is 1.10 bits per heavy atom. The molecule has 3 N–H and O–H groups in total. The molecule has 40 heavy (non-hydrogen) atoms. The molecule has 0 aliphatic heterocycles. The molecule has 2 aromatic carbocycles. The lowest BCUT2D eigenvalue weighted by molar-refractivity contribution is -0.274. The van der Waals surface area contributed by atoms with Gasteiger partial charge in [-0.3, -0.25) is 14.7 Å². The minimum atomic E-state index is -4.86. The Bertz CT molecular complexity index is 1570. The Morgan fingerprint density at radius 2 is 1.88 bits per heavy atom. The van der Waals surface area contributed by atoms with Crippen LogP contribution in [0.2, 0.25) is 0 Å². The van der Waals surface area contributed by atoms with Gasteiger partial charge in [-0.15, -0.1) is 13.2 Å². The summed E-state index contributed by atoms with van der Waals surface area (Å²) in [4.78, 5) is 30.0. The summed E-state index contributed by atoms with van der Waals surface area (Å²) in [5, 5.41) is 13.3. The van der Waals surface area contributed by atoms with E-state index in [0.29, 0.717) is 33.6 Å². The van der Waals surface area contributed by atoms with E-state index in [1.165, 1.54) is 31.5 Å². The molecule has 0 radical (unpaired) electrons. The summed E-state index contributed by atoms with van der Waals surface area (Å²) >= 11 is 0. The van der Waals surface area contributed by atoms with Crippen LogP contribution in [0.3, 0.4) is 0 Å². The average molecular weight is 554 g/mol. The van der Waals surface area contributed by atoms with E-state index in [1.54, 1.807) is 30.3 Å². The molecular weight excluding hydrogens is 527 g/mol. The molecule has 4 aromatic rings. The molecule has 1 atom stereocenters. The van der Waals surface area contributed by atoms with Gasteiger partial charge >= 0.3 is 6.36 Å². The number of rotatable bonds is 9. The standard InChI is InChI=1S/C28H26F3N5O4/c1-15(16-7-8-16)34-26(38)24-20-10-9-17(12-22(20)35-36-24)19-11-21(27(39-2)33-14-19)25(37)32-13-18-5-3-4-6-23(18)40-28(29,30)31/h3-6,9-12,14-16H,7-8,13H2,1-2H3,(H,32,37)(H,34,38)(H,35,36)/t15-/m1/s1. The number of benzene rings is 2. The van der Waals surface area contributed by atoms with E-state index in [0.717, 1.165) is 12.8 Å². The van der Waals surface area contributed by atoms with Gasteiger partial charge in [0.15, 0.2) is 5.69 Å². The number of carbonyl (C=O) groups excluding carboxylic acids is 2. The van der Waals surface area contributed by atoms with Gasteiger partial charge in [0.05, 0.1) is 12.6 Å². The summed E-state index contributed by atoms with van der Waals surface area (Å²) in [7, 11) is 1.36. The Labute approximate surface area is 227 Å². The first-order valence-electron chi connectivity index (χ1n) is 12.6. The Morgan fingerprint density at radius 3 is 2.60 bits per heavy atom. The molecule has 0 spiro atoms. The summed E-state index contributed by atoms with van der Waals surface area (Å²) in [5.74, 6) is -0.688. The predicted molar refractivity (Wildman–Crippen MR) is 140 cm³/mol. The number of ether oxygens (including phenoxy) is 2. The molecule has 2 heterocycles. The van der Waals surface area contributed by atoms with Gasteiger partial charge in [0.1, 0.15) is 11.3 Å². The number of amides is 2. The number of hydrogen-bond donors (Lipinski definition) is 3. The molecule has 1 fully saturated rings. The number of pyridine rings is 1. The number of alkyl halides is 3. The van der Waals surface area contributed by atoms with Crippen molar-refractivity contribution in [1.82, 2.24) is 25.8 Å². The van der Waals surface area contributed by atoms with Gasteiger partial charge in [-0.05, 0) is 55.5 Å². The van der Waals surface area contributed by atoms with Crippen molar-refractivity contribution in [3.63, 3.8) is 0 Å². The smallest absolute Gasteiger partial charge is 0.480 e. The summed E-state index contributed by atoms with van der Waals surface area (Å²) in [5.41, 5.74) is 2.45. The maximum atomic E-state index is 13.1. The molecule has 0 saturated heterocycles. The maximum absolute atomic E-state index is 13.1. The van der Waals surface area contributed by atoms with Crippen molar-refractivity contribution < 1.29 is 32.2 Å². The number of para-hydroxylation sites is 1. The largest absolute Gasteiger partial charge is 0.573 e. The molecule has 0 unspecified atom stereocenters. The lowest BCUT2D eigenvalue weighted by atomic mass is 10.0. The normalized spacial score (nSPS) is 14.0. The third-order valence-corrected chi connectivity index (χ3v) is 6.73. The SMILES string of the molecule is COc1ncc(-c2ccc3c(C(=O)N[C@H](C)C4CC4)n[nH]c3c2)cc1C(=O)NCc1ccccc1OC(F)(F)F. The van der Waals surface area contributed by atoms with Crippen molar-refractivity contribution in [2.75, 3.05) is 7.11 Å². The van der Waals surface area contributed by atoms with Crippen LogP contribution in [0.4, 0.5) is 13.2 Å². The summed E-state index contributed by atoms with van der Waals surface area (Å²) in [6.07, 6.45) is -1.11. The van der Waals surface area contributed by atoms with Crippen molar-refractivity contribution in [2.24, 2.45) is 5.92 Å². The van der Waals surface area contributed by atoms with Crippen LogP contribution in [-0.4, -0.2) is 46.5 Å². The number of aromatic nitrogens is 3. The third-order valence-electron chi connectivity index (χ3n) is 6.73.